The first-order valence-corrected chi connectivity index (χ1v) is 9.58. The Balaban J connectivity index is 1.95. The van der Waals surface area contributed by atoms with Gasteiger partial charge in [-0.05, 0) is 26.7 Å². The van der Waals surface area contributed by atoms with Gasteiger partial charge in [0.05, 0.1) is 25.9 Å². The van der Waals surface area contributed by atoms with Gasteiger partial charge in [-0.2, -0.15) is 0 Å². The van der Waals surface area contributed by atoms with Gasteiger partial charge in [-0.3, -0.25) is 14.4 Å². The maximum atomic E-state index is 11.8. The van der Waals surface area contributed by atoms with E-state index in [1.807, 2.05) is 27.7 Å². The third-order valence-electron chi connectivity index (χ3n) is 4.30. The van der Waals surface area contributed by atoms with Crippen LogP contribution in [0.1, 0.15) is 53.4 Å². The summed E-state index contributed by atoms with van der Waals surface area (Å²) >= 11 is 0. The fourth-order valence-electron chi connectivity index (χ4n) is 2.74. The number of carbonyl (C=O) groups is 3. The van der Waals surface area contributed by atoms with Crippen LogP contribution in [0.4, 0.5) is 0 Å². The summed E-state index contributed by atoms with van der Waals surface area (Å²) in [5, 5.41) is 5.67. The number of Topliss-reactive ketones (excluding diaryl/α,β-unsaturated/α-hetero) is 1. The maximum Gasteiger partial charge on any atom is 0.222 e. The Morgan fingerprint density at radius 2 is 1.62 bits per heavy atom. The number of hydrogen-bond donors (Lipinski definition) is 2. The zero-order chi connectivity index (χ0) is 19.5. The molecule has 0 aromatic carbocycles. The van der Waals surface area contributed by atoms with E-state index >= 15 is 0 Å². The summed E-state index contributed by atoms with van der Waals surface area (Å²) in [4.78, 5) is 35.1. The minimum absolute atomic E-state index is 0.0553. The molecule has 0 aromatic rings. The molecule has 1 aliphatic rings. The van der Waals surface area contributed by atoms with Crippen molar-refractivity contribution in [3.8, 4) is 0 Å². The van der Waals surface area contributed by atoms with Crippen LogP contribution in [0.5, 0.6) is 0 Å². The Bertz CT molecular complexity index is 459. The van der Waals surface area contributed by atoms with E-state index in [0.29, 0.717) is 32.8 Å². The number of amides is 2. The van der Waals surface area contributed by atoms with Gasteiger partial charge in [0.15, 0.2) is 0 Å². The predicted octanol–water partition coefficient (Wildman–Crippen LogP) is 1.44. The highest BCUT2D eigenvalue weighted by Crippen LogP contribution is 2.30. The standard InChI is InChI=1S/C19H34N2O5/c1-13(2)19(24)15-11-16(12-15)21-18(23)5-8-25-10-7-20-17(22)6-9-26-14(3)4/h13-16H,5-12H2,1-4H3,(H,20,22)(H,21,23)/t15-,16+. The van der Waals surface area contributed by atoms with Gasteiger partial charge in [-0.25, -0.2) is 0 Å². The van der Waals surface area contributed by atoms with Crippen LogP contribution in [-0.4, -0.2) is 56.1 Å². The molecule has 0 bridgehead atoms. The second kappa shape index (κ2) is 12.0. The molecule has 0 atom stereocenters. The number of hydrogen-bond acceptors (Lipinski definition) is 5. The van der Waals surface area contributed by atoms with Gasteiger partial charge < -0.3 is 20.1 Å². The monoisotopic (exact) mass is 370 g/mol. The number of carbonyl (C=O) groups excluding carboxylic acids is 3. The Morgan fingerprint density at radius 1 is 0.962 bits per heavy atom. The van der Waals surface area contributed by atoms with Crippen LogP contribution >= 0.6 is 0 Å². The van der Waals surface area contributed by atoms with Gasteiger partial charge in [0, 0.05) is 37.3 Å². The summed E-state index contributed by atoms with van der Waals surface area (Å²) in [7, 11) is 0. The van der Waals surface area contributed by atoms with Crippen molar-refractivity contribution >= 4 is 17.6 Å². The molecule has 150 valence electrons. The summed E-state index contributed by atoms with van der Waals surface area (Å²) < 4.78 is 10.7. The van der Waals surface area contributed by atoms with Crippen LogP contribution in [-0.2, 0) is 23.9 Å². The molecule has 7 nitrogen and oxygen atoms in total. The molecule has 2 N–H and O–H groups in total. The predicted molar refractivity (Wildman–Crippen MR) is 98.7 cm³/mol. The Hall–Kier alpha value is -1.47. The first kappa shape index (κ1) is 22.6. The molecule has 0 aromatic heterocycles. The molecule has 1 saturated carbocycles. The molecule has 0 spiro atoms. The molecule has 1 fully saturated rings. The highest BCUT2D eigenvalue weighted by Gasteiger charge is 2.35. The number of ketones is 1. The third-order valence-corrected chi connectivity index (χ3v) is 4.30. The highest BCUT2D eigenvalue weighted by atomic mass is 16.5. The van der Waals surface area contributed by atoms with Crippen LogP contribution in [0.3, 0.4) is 0 Å². The van der Waals surface area contributed by atoms with Gasteiger partial charge in [0.25, 0.3) is 0 Å². The van der Waals surface area contributed by atoms with Gasteiger partial charge in [0.1, 0.15) is 5.78 Å². The maximum absolute atomic E-state index is 11.8. The summed E-state index contributed by atoms with van der Waals surface area (Å²) in [6, 6.07) is 0.113. The molecule has 0 radical (unpaired) electrons. The van der Waals surface area contributed by atoms with Crippen molar-refractivity contribution in [2.45, 2.75) is 65.5 Å². The molecular weight excluding hydrogens is 336 g/mol. The molecule has 0 unspecified atom stereocenters. The molecular formula is C19H34N2O5. The SMILES string of the molecule is CC(C)OCCC(=O)NCCOCCC(=O)N[C@H]1C[C@@H](C(=O)C(C)C)C1. The number of nitrogens with one attached hydrogen (secondary N) is 2. The topological polar surface area (TPSA) is 93.7 Å². The molecule has 1 rings (SSSR count). The molecule has 0 saturated heterocycles. The van der Waals surface area contributed by atoms with Crippen molar-refractivity contribution in [2.75, 3.05) is 26.4 Å². The van der Waals surface area contributed by atoms with E-state index in [2.05, 4.69) is 10.6 Å². The summed E-state index contributed by atoms with van der Waals surface area (Å²) in [5.74, 6) is 0.332. The molecule has 7 heteroatoms. The lowest BCUT2D eigenvalue weighted by Gasteiger charge is -2.35. The Labute approximate surface area is 156 Å². The van der Waals surface area contributed by atoms with Gasteiger partial charge in [0.2, 0.25) is 11.8 Å². The third kappa shape index (κ3) is 9.29. The molecule has 26 heavy (non-hydrogen) atoms. The normalized spacial score (nSPS) is 19.3. The van der Waals surface area contributed by atoms with Crippen molar-refractivity contribution < 1.29 is 23.9 Å². The largest absolute Gasteiger partial charge is 0.379 e. The molecule has 0 aliphatic heterocycles. The van der Waals surface area contributed by atoms with Crippen LogP contribution in [0.25, 0.3) is 0 Å². The number of rotatable bonds is 13. The van der Waals surface area contributed by atoms with Crippen LogP contribution in [0.2, 0.25) is 0 Å². The minimum atomic E-state index is -0.0672. The fraction of sp³-hybridized carbons (Fsp3) is 0.842. The van der Waals surface area contributed by atoms with E-state index in [1.54, 1.807) is 0 Å². The molecule has 2 amide bonds. The first-order valence-electron chi connectivity index (χ1n) is 9.58. The lowest BCUT2D eigenvalue weighted by molar-refractivity contribution is -0.131. The van der Waals surface area contributed by atoms with E-state index in [-0.39, 0.29) is 48.0 Å². The van der Waals surface area contributed by atoms with Crippen molar-refractivity contribution in [1.29, 1.82) is 0 Å². The van der Waals surface area contributed by atoms with Gasteiger partial charge in [-0.1, -0.05) is 13.8 Å². The van der Waals surface area contributed by atoms with E-state index in [9.17, 15) is 14.4 Å². The smallest absolute Gasteiger partial charge is 0.222 e. The molecule has 1 aliphatic carbocycles. The van der Waals surface area contributed by atoms with Crippen molar-refractivity contribution in [2.24, 2.45) is 11.8 Å². The lowest BCUT2D eigenvalue weighted by Crippen LogP contribution is -2.47. The highest BCUT2D eigenvalue weighted by molar-refractivity contribution is 5.84. The average molecular weight is 370 g/mol. The van der Waals surface area contributed by atoms with Crippen molar-refractivity contribution in [1.82, 2.24) is 10.6 Å². The Morgan fingerprint density at radius 3 is 2.23 bits per heavy atom. The number of ether oxygens (including phenoxy) is 2. The second-order valence-electron chi connectivity index (χ2n) is 7.37. The minimum Gasteiger partial charge on any atom is -0.379 e. The van der Waals surface area contributed by atoms with E-state index in [4.69, 9.17) is 9.47 Å². The van der Waals surface area contributed by atoms with Gasteiger partial charge >= 0.3 is 0 Å². The van der Waals surface area contributed by atoms with E-state index in [1.165, 1.54) is 0 Å². The van der Waals surface area contributed by atoms with Gasteiger partial charge in [-0.15, -0.1) is 0 Å². The van der Waals surface area contributed by atoms with Crippen LogP contribution < -0.4 is 10.6 Å². The second-order valence-corrected chi connectivity index (χ2v) is 7.37. The average Bonchev–Trinajstić information content (AvgIpc) is 2.52. The summed E-state index contributed by atoms with van der Waals surface area (Å²) in [6.07, 6.45) is 2.24. The van der Waals surface area contributed by atoms with E-state index < -0.39 is 0 Å². The molecule has 0 heterocycles. The first-order chi connectivity index (χ1) is 12.3. The summed E-state index contributed by atoms with van der Waals surface area (Å²) in [5.41, 5.74) is 0. The van der Waals surface area contributed by atoms with Crippen molar-refractivity contribution in [3.05, 3.63) is 0 Å². The Kier molecular flexibility index (Phi) is 10.4. The zero-order valence-corrected chi connectivity index (χ0v) is 16.5. The summed E-state index contributed by atoms with van der Waals surface area (Å²) in [6.45, 7) is 9.20. The van der Waals surface area contributed by atoms with Crippen LogP contribution in [0, 0.1) is 11.8 Å². The quantitative estimate of drug-likeness (QED) is 0.479. The van der Waals surface area contributed by atoms with E-state index in [0.717, 1.165) is 12.8 Å². The van der Waals surface area contributed by atoms with Crippen LogP contribution in [0.15, 0.2) is 0 Å². The van der Waals surface area contributed by atoms with Crippen molar-refractivity contribution in [3.63, 3.8) is 0 Å². The lowest BCUT2D eigenvalue weighted by atomic mass is 9.75. The fourth-order valence-corrected chi connectivity index (χ4v) is 2.74. The zero-order valence-electron chi connectivity index (χ0n) is 16.5.